The monoisotopic (exact) mass is 583 g/mol. The Morgan fingerprint density at radius 1 is 0.905 bits per heavy atom. The average Bonchev–Trinajstić information content (AvgIpc) is 3.38. The zero-order chi connectivity index (χ0) is 29.6. The Morgan fingerprint density at radius 3 is 2.29 bits per heavy atom. The summed E-state index contributed by atoms with van der Waals surface area (Å²) in [5, 5.41) is 17.4. The van der Waals surface area contributed by atoms with E-state index in [4.69, 9.17) is 9.47 Å². The number of nitrogens with one attached hydrogen (secondary N) is 2. The molecule has 0 radical (unpaired) electrons. The number of imidazole rings is 1. The second-order valence-electron chi connectivity index (χ2n) is 8.93. The number of carbonyl (C=O) groups excluding carboxylic acids is 2. The van der Waals surface area contributed by atoms with Gasteiger partial charge in [-0.15, -0.1) is 0 Å². The van der Waals surface area contributed by atoms with E-state index in [9.17, 15) is 19.7 Å². The van der Waals surface area contributed by atoms with Crippen molar-refractivity contribution in [1.29, 1.82) is 0 Å². The minimum atomic E-state index is -0.476. The second kappa shape index (κ2) is 12.4. The zero-order valence-corrected chi connectivity index (χ0v) is 23.4. The number of hydrogen-bond donors (Lipinski definition) is 2. The smallest absolute Gasteiger partial charge is 0.271 e. The van der Waals surface area contributed by atoms with E-state index < -0.39 is 4.92 Å². The molecule has 11 nitrogen and oxygen atoms in total. The highest BCUT2D eigenvalue weighted by Gasteiger charge is 2.19. The second-order valence-corrected chi connectivity index (χ2v) is 9.87. The van der Waals surface area contributed by atoms with Crippen molar-refractivity contribution < 1.29 is 24.0 Å². The predicted molar refractivity (Wildman–Crippen MR) is 161 cm³/mol. The molecular weight excluding hydrogens is 558 g/mol. The Bertz CT molecular complexity index is 1770. The van der Waals surface area contributed by atoms with Gasteiger partial charge in [-0.05, 0) is 66.7 Å². The van der Waals surface area contributed by atoms with E-state index in [2.05, 4.69) is 15.6 Å². The van der Waals surface area contributed by atoms with Crippen molar-refractivity contribution in [3.05, 3.63) is 107 Å². The minimum absolute atomic E-state index is 0.0142. The average molecular weight is 584 g/mol. The van der Waals surface area contributed by atoms with E-state index in [1.54, 1.807) is 74.9 Å². The van der Waals surface area contributed by atoms with E-state index in [0.717, 1.165) is 0 Å². The molecule has 2 N–H and O–H groups in total. The number of anilines is 2. The Balaban J connectivity index is 1.29. The van der Waals surface area contributed by atoms with Gasteiger partial charge in [-0.1, -0.05) is 23.9 Å². The molecule has 2 amide bonds. The molecule has 1 aromatic heterocycles. The lowest BCUT2D eigenvalue weighted by molar-refractivity contribution is -0.384. The number of hydrogen-bond acceptors (Lipinski definition) is 8. The van der Waals surface area contributed by atoms with Crippen molar-refractivity contribution in [2.24, 2.45) is 0 Å². The summed E-state index contributed by atoms with van der Waals surface area (Å²) in [5.41, 5.74) is 3.24. The number of carbonyl (C=O) groups is 2. The van der Waals surface area contributed by atoms with Crippen LogP contribution in [0, 0.1) is 10.1 Å². The highest BCUT2D eigenvalue weighted by Crippen LogP contribution is 2.34. The highest BCUT2D eigenvalue weighted by atomic mass is 32.2. The first kappa shape index (κ1) is 28.2. The van der Waals surface area contributed by atoms with E-state index in [-0.39, 0.29) is 23.3 Å². The van der Waals surface area contributed by atoms with Crippen molar-refractivity contribution >= 4 is 51.7 Å². The Hall–Kier alpha value is -5.36. The molecule has 4 aromatic carbocycles. The summed E-state index contributed by atoms with van der Waals surface area (Å²) < 4.78 is 12.5. The number of benzene rings is 4. The van der Waals surface area contributed by atoms with Crippen molar-refractivity contribution in [1.82, 2.24) is 9.55 Å². The fourth-order valence-electron chi connectivity index (χ4n) is 4.21. The molecule has 0 unspecified atom stereocenters. The summed E-state index contributed by atoms with van der Waals surface area (Å²) in [7, 11) is 3.12. The van der Waals surface area contributed by atoms with Crippen LogP contribution in [0.3, 0.4) is 0 Å². The number of methoxy groups -OCH3 is 2. The SMILES string of the molecule is COc1ccc(NC(=O)c2ccc(NC(=O)CSc3nc4cc([N+](=O)[O-])ccc4n3-c3ccccc3OC)cc2)cc1. The van der Waals surface area contributed by atoms with Crippen LogP contribution in [-0.2, 0) is 4.79 Å². The van der Waals surface area contributed by atoms with Gasteiger partial charge in [0, 0.05) is 29.1 Å². The number of para-hydroxylation sites is 2. The first-order valence-electron chi connectivity index (χ1n) is 12.6. The summed E-state index contributed by atoms with van der Waals surface area (Å²) in [6.07, 6.45) is 0. The van der Waals surface area contributed by atoms with Gasteiger partial charge in [0.05, 0.1) is 41.6 Å². The number of nitro benzene ring substituents is 1. The molecular formula is C30H25N5O6S. The molecule has 0 atom stereocenters. The Morgan fingerprint density at radius 2 is 1.60 bits per heavy atom. The fourth-order valence-corrected chi connectivity index (χ4v) is 5.04. The van der Waals surface area contributed by atoms with Gasteiger partial charge in [0.15, 0.2) is 5.16 Å². The van der Waals surface area contributed by atoms with Crippen LogP contribution in [0.4, 0.5) is 17.1 Å². The van der Waals surface area contributed by atoms with Gasteiger partial charge in [0.2, 0.25) is 5.91 Å². The maximum absolute atomic E-state index is 12.9. The largest absolute Gasteiger partial charge is 0.497 e. The molecule has 5 aromatic rings. The van der Waals surface area contributed by atoms with Gasteiger partial charge in [0.1, 0.15) is 11.5 Å². The molecule has 0 bridgehead atoms. The maximum Gasteiger partial charge on any atom is 0.271 e. The lowest BCUT2D eigenvalue weighted by Gasteiger charge is -2.13. The van der Waals surface area contributed by atoms with Crippen molar-refractivity contribution in [2.75, 3.05) is 30.6 Å². The van der Waals surface area contributed by atoms with Gasteiger partial charge in [-0.25, -0.2) is 4.98 Å². The third-order valence-corrected chi connectivity index (χ3v) is 7.19. The molecule has 0 aliphatic heterocycles. The topological polar surface area (TPSA) is 138 Å². The summed E-state index contributed by atoms with van der Waals surface area (Å²) in [5.74, 6) is 0.703. The summed E-state index contributed by atoms with van der Waals surface area (Å²) in [4.78, 5) is 40.9. The van der Waals surface area contributed by atoms with Crippen LogP contribution in [-0.4, -0.2) is 46.3 Å². The number of nitrogens with zero attached hydrogens (tertiary/aromatic N) is 3. The van der Waals surface area contributed by atoms with Crippen molar-refractivity contribution in [2.45, 2.75) is 5.16 Å². The lowest BCUT2D eigenvalue weighted by atomic mass is 10.2. The number of ether oxygens (including phenoxy) is 2. The van der Waals surface area contributed by atoms with Crippen molar-refractivity contribution in [3.63, 3.8) is 0 Å². The molecule has 0 fully saturated rings. The summed E-state index contributed by atoms with van der Waals surface area (Å²) in [6, 6.07) is 25.3. The van der Waals surface area contributed by atoms with Crippen LogP contribution in [0.1, 0.15) is 10.4 Å². The van der Waals surface area contributed by atoms with Crippen LogP contribution in [0.5, 0.6) is 11.5 Å². The molecule has 5 rings (SSSR count). The van der Waals surface area contributed by atoms with Gasteiger partial charge < -0.3 is 20.1 Å². The molecule has 42 heavy (non-hydrogen) atoms. The van der Waals surface area contributed by atoms with E-state index in [1.165, 1.54) is 23.9 Å². The van der Waals surface area contributed by atoms with Gasteiger partial charge in [-0.3, -0.25) is 24.3 Å². The van der Waals surface area contributed by atoms with E-state index in [1.807, 2.05) is 22.8 Å². The van der Waals surface area contributed by atoms with Crippen LogP contribution >= 0.6 is 11.8 Å². The Kier molecular flexibility index (Phi) is 8.34. The van der Waals surface area contributed by atoms with Crippen LogP contribution < -0.4 is 20.1 Å². The number of nitro groups is 1. The summed E-state index contributed by atoms with van der Waals surface area (Å²) in [6.45, 7) is 0. The first-order valence-corrected chi connectivity index (χ1v) is 13.6. The van der Waals surface area contributed by atoms with E-state index in [0.29, 0.717) is 50.3 Å². The van der Waals surface area contributed by atoms with E-state index >= 15 is 0 Å². The number of amides is 2. The van der Waals surface area contributed by atoms with Crippen LogP contribution in [0.15, 0.2) is 96.2 Å². The highest BCUT2D eigenvalue weighted by molar-refractivity contribution is 7.99. The first-order chi connectivity index (χ1) is 20.4. The lowest BCUT2D eigenvalue weighted by Crippen LogP contribution is -2.15. The van der Waals surface area contributed by atoms with Gasteiger partial charge in [-0.2, -0.15) is 0 Å². The number of aromatic nitrogens is 2. The normalized spacial score (nSPS) is 10.7. The molecule has 1 heterocycles. The standard InChI is InChI=1S/C30H25N5O6S/c1-40-23-14-11-21(12-15-23)32-29(37)19-7-9-20(10-8-19)31-28(36)18-42-30-33-24-17-22(35(38)39)13-16-25(24)34(30)26-5-3-4-6-27(26)41-2/h3-17H,18H2,1-2H3,(H,31,36)(H,32,37). The molecule has 0 aliphatic rings. The molecule has 212 valence electrons. The van der Waals surface area contributed by atoms with Crippen molar-refractivity contribution in [3.8, 4) is 17.2 Å². The third-order valence-electron chi connectivity index (χ3n) is 6.26. The molecule has 0 saturated carbocycles. The zero-order valence-electron chi connectivity index (χ0n) is 22.6. The number of fused-ring (bicyclic) bond motifs is 1. The molecule has 0 aliphatic carbocycles. The number of thioether (sulfide) groups is 1. The molecule has 0 saturated heterocycles. The van der Waals surface area contributed by atoms with Crippen LogP contribution in [0.25, 0.3) is 16.7 Å². The van der Waals surface area contributed by atoms with Crippen LogP contribution in [0.2, 0.25) is 0 Å². The fraction of sp³-hybridized carbons (Fsp3) is 0.100. The number of non-ortho nitro benzene ring substituents is 1. The van der Waals surface area contributed by atoms with Gasteiger partial charge >= 0.3 is 0 Å². The van der Waals surface area contributed by atoms with Gasteiger partial charge in [0.25, 0.3) is 11.6 Å². The molecule has 12 heteroatoms. The number of rotatable bonds is 10. The predicted octanol–water partition coefficient (Wildman–Crippen LogP) is 5.93. The maximum atomic E-state index is 12.9. The quantitative estimate of drug-likeness (QED) is 0.117. The Labute approximate surface area is 244 Å². The minimum Gasteiger partial charge on any atom is -0.497 e. The molecule has 0 spiro atoms. The summed E-state index contributed by atoms with van der Waals surface area (Å²) >= 11 is 1.18. The third kappa shape index (κ3) is 6.18.